The first kappa shape index (κ1) is 33.9. The molecule has 0 heterocycles. The van der Waals surface area contributed by atoms with E-state index in [0.29, 0.717) is 18.6 Å². The molecule has 4 amide bonds. The van der Waals surface area contributed by atoms with E-state index in [1.54, 1.807) is 6.92 Å². The number of nitrogens with one attached hydrogen (secondary N) is 3. The Morgan fingerprint density at radius 2 is 1.54 bits per heavy atom. The highest BCUT2D eigenvalue weighted by Gasteiger charge is 2.32. The van der Waals surface area contributed by atoms with Gasteiger partial charge in [-0.1, -0.05) is 20.3 Å². The number of carbonyl (C=O) groups excluding carboxylic acids is 4. The number of carbonyl (C=O) groups is 5. The van der Waals surface area contributed by atoms with Crippen LogP contribution in [0.2, 0.25) is 0 Å². The van der Waals surface area contributed by atoms with Crippen LogP contribution in [-0.4, -0.2) is 83.4 Å². The summed E-state index contributed by atoms with van der Waals surface area (Å²) in [7, 11) is 0. The smallest absolute Gasteiger partial charge is 0.326 e. The molecule has 12 N–H and O–H groups in total. The van der Waals surface area contributed by atoms with Crippen LogP contribution in [0.25, 0.3) is 0 Å². The Morgan fingerprint density at radius 1 is 0.919 bits per heavy atom. The zero-order chi connectivity index (χ0) is 28.5. The standard InChI is InChI=1S/C22H42N8O6S/c1-4-12(2)17(20(34)29-15(21(35)36)6-5-10-27-22(25)26)30-19(33)14(9-11-37-3)28-18(32)13(23)7-8-16(24)31/h12-15,17H,4-11,23H2,1-3H3,(H2,24,31)(H,28,32)(H,29,34)(H,30,33)(H,35,36)(H4,25,26,27). The van der Waals surface area contributed by atoms with E-state index in [-0.39, 0.29) is 44.1 Å². The van der Waals surface area contributed by atoms with Gasteiger partial charge >= 0.3 is 5.97 Å². The average molecular weight is 547 g/mol. The van der Waals surface area contributed by atoms with Gasteiger partial charge in [-0.15, -0.1) is 0 Å². The number of aliphatic carboxylic acids is 1. The second-order valence-electron chi connectivity index (χ2n) is 8.67. The molecule has 0 aliphatic rings. The van der Waals surface area contributed by atoms with E-state index in [1.807, 2.05) is 13.2 Å². The molecular formula is C22H42N8O6S. The Kier molecular flexibility index (Phi) is 16.7. The first-order valence-electron chi connectivity index (χ1n) is 12.1. The molecule has 0 saturated heterocycles. The van der Waals surface area contributed by atoms with Crippen LogP contribution >= 0.6 is 11.8 Å². The SMILES string of the molecule is CCC(C)C(NC(=O)C(CCSC)NC(=O)C(N)CCC(N)=O)C(=O)NC(CCCN=C(N)N)C(=O)O. The van der Waals surface area contributed by atoms with Crippen LogP contribution in [0.3, 0.4) is 0 Å². The van der Waals surface area contributed by atoms with Crippen molar-refractivity contribution in [3.63, 3.8) is 0 Å². The number of nitrogens with zero attached hydrogens (tertiary/aromatic N) is 1. The number of rotatable bonds is 19. The maximum absolute atomic E-state index is 13.1. The molecule has 14 nitrogen and oxygen atoms in total. The molecule has 0 fully saturated rings. The Morgan fingerprint density at radius 3 is 2.05 bits per heavy atom. The summed E-state index contributed by atoms with van der Waals surface area (Å²) >= 11 is 1.46. The zero-order valence-electron chi connectivity index (χ0n) is 21.7. The van der Waals surface area contributed by atoms with Crippen molar-refractivity contribution >= 4 is 47.3 Å². The zero-order valence-corrected chi connectivity index (χ0v) is 22.5. The van der Waals surface area contributed by atoms with E-state index in [0.717, 1.165) is 0 Å². The Labute approximate surface area is 221 Å². The summed E-state index contributed by atoms with van der Waals surface area (Å²) in [6.07, 6.45) is 2.95. The monoisotopic (exact) mass is 546 g/mol. The van der Waals surface area contributed by atoms with Gasteiger partial charge in [0.15, 0.2) is 5.96 Å². The summed E-state index contributed by atoms with van der Waals surface area (Å²) in [5.74, 6) is -3.65. The molecule has 0 aromatic rings. The topological polar surface area (TPSA) is 258 Å². The van der Waals surface area contributed by atoms with Gasteiger partial charge in [-0.3, -0.25) is 24.2 Å². The molecule has 0 radical (unpaired) electrons. The van der Waals surface area contributed by atoms with E-state index < -0.39 is 53.8 Å². The lowest BCUT2D eigenvalue weighted by Crippen LogP contribution is -2.58. The number of aliphatic imine (C=N–C) groups is 1. The normalized spacial score (nSPS) is 14.8. The Balaban J connectivity index is 5.46. The number of hydrogen-bond acceptors (Lipinski definition) is 8. The van der Waals surface area contributed by atoms with E-state index in [4.69, 9.17) is 22.9 Å². The number of amides is 4. The summed E-state index contributed by atoms with van der Waals surface area (Å²) in [6.45, 7) is 3.77. The molecule has 5 unspecified atom stereocenters. The third-order valence-corrected chi connectivity index (χ3v) is 6.28. The first-order chi connectivity index (χ1) is 17.3. The third-order valence-electron chi connectivity index (χ3n) is 5.64. The van der Waals surface area contributed by atoms with Gasteiger partial charge in [0.05, 0.1) is 6.04 Å². The summed E-state index contributed by atoms with van der Waals surface area (Å²) in [6, 6.07) is -4.29. The number of carboxylic acid groups (broad SMARTS) is 1. The predicted octanol–water partition coefficient (Wildman–Crippen LogP) is -2.03. The van der Waals surface area contributed by atoms with Gasteiger partial charge in [0.2, 0.25) is 23.6 Å². The lowest BCUT2D eigenvalue weighted by molar-refractivity contribution is -0.143. The molecule has 0 aliphatic carbocycles. The van der Waals surface area contributed by atoms with Crippen molar-refractivity contribution in [2.75, 3.05) is 18.6 Å². The highest BCUT2D eigenvalue weighted by molar-refractivity contribution is 7.98. The maximum atomic E-state index is 13.1. The first-order valence-corrected chi connectivity index (χ1v) is 13.4. The molecule has 0 aromatic carbocycles. The van der Waals surface area contributed by atoms with E-state index in [1.165, 1.54) is 11.8 Å². The summed E-state index contributed by atoms with van der Waals surface area (Å²) in [5, 5.41) is 17.2. The van der Waals surface area contributed by atoms with Crippen molar-refractivity contribution < 1.29 is 29.1 Å². The van der Waals surface area contributed by atoms with E-state index in [9.17, 15) is 29.1 Å². The van der Waals surface area contributed by atoms with Gasteiger partial charge in [0, 0.05) is 13.0 Å². The number of guanidine groups is 1. The number of nitrogens with two attached hydrogens (primary N) is 4. The van der Waals surface area contributed by atoms with Crippen LogP contribution < -0.4 is 38.9 Å². The molecule has 0 spiro atoms. The second-order valence-corrected chi connectivity index (χ2v) is 9.66. The average Bonchev–Trinajstić information content (AvgIpc) is 2.83. The summed E-state index contributed by atoms with van der Waals surface area (Å²) < 4.78 is 0. The van der Waals surface area contributed by atoms with Crippen molar-refractivity contribution in [3.8, 4) is 0 Å². The fourth-order valence-electron chi connectivity index (χ4n) is 3.19. The van der Waals surface area contributed by atoms with Crippen LogP contribution in [-0.2, 0) is 24.0 Å². The lowest BCUT2D eigenvalue weighted by atomic mass is 9.97. The van der Waals surface area contributed by atoms with Crippen molar-refractivity contribution in [1.29, 1.82) is 0 Å². The molecule has 0 saturated carbocycles. The number of hydrogen-bond donors (Lipinski definition) is 8. The number of thioether (sulfide) groups is 1. The molecular weight excluding hydrogens is 504 g/mol. The Hall–Kier alpha value is -3.07. The van der Waals surface area contributed by atoms with Gasteiger partial charge in [-0.2, -0.15) is 11.8 Å². The predicted molar refractivity (Wildman–Crippen MR) is 142 cm³/mol. The minimum Gasteiger partial charge on any atom is -0.480 e. The van der Waals surface area contributed by atoms with Crippen molar-refractivity contribution in [2.24, 2.45) is 33.8 Å². The summed E-state index contributed by atoms with van der Waals surface area (Å²) in [4.78, 5) is 65.1. The number of primary amides is 1. The van der Waals surface area contributed by atoms with Gasteiger partial charge in [-0.05, 0) is 43.6 Å². The molecule has 0 bridgehead atoms. The van der Waals surface area contributed by atoms with Crippen LogP contribution in [0.15, 0.2) is 4.99 Å². The molecule has 37 heavy (non-hydrogen) atoms. The molecule has 212 valence electrons. The Bertz CT molecular complexity index is 808. The summed E-state index contributed by atoms with van der Waals surface area (Å²) in [5.41, 5.74) is 21.4. The lowest BCUT2D eigenvalue weighted by Gasteiger charge is -2.28. The van der Waals surface area contributed by atoms with Gasteiger partial charge in [0.25, 0.3) is 0 Å². The van der Waals surface area contributed by atoms with Gasteiger partial charge < -0.3 is 44.0 Å². The highest BCUT2D eigenvalue weighted by atomic mass is 32.2. The second kappa shape index (κ2) is 18.2. The van der Waals surface area contributed by atoms with Crippen LogP contribution in [0, 0.1) is 5.92 Å². The largest absolute Gasteiger partial charge is 0.480 e. The fraction of sp³-hybridized carbons (Fsp3) is 0.727. The third kappa shape index (κ3) is 14.3. The molecule has 5 atom stereocenters. The fourth-order valence-corrected chi connectivity index (χ4v) is 3.66. The maximum Gasteiger partial charge on any atom is 0.326 e. The van der Waals surface area contributed by atoms with Crippen molar-refractivity contribution in [3.05, 3.63) is 0 Å². The van der Waals surface area contributed by atoms with Crippen LogP contribution in [0.4, 0.5) is 0 Å². The molecule has 0 aromatic heterocycles. The van der Waals surface area contributed by atoms with E-state index in [2.05, 4.69) is 20.9 Å². The quantitative estimate of drug-likeness (QED) is 0.0500. The minimum atomic E-state index is -1.23. The highest BCUT2D eigenvalue weighted by Crippen LogP contribution is 2.11. The van der Waals surface area contributed by atoms with Crippen molar-refractivity contribution in [1.82, 2.24) is 16.0 Å². The van der Waals surface area contributed by atoms with Crippen LogP contribution in [0.5, 0.6) is 0 Å². The molecule has 0 rings (SSSR count). The van der Waals surface area contributed by atoms with E-state index >= 15 is 0 Å². The van der Waals surface area contributed by atoms with Gasteiger partial charge in [0.1, 0.15) is 18.1 Å². The molecule has 0 aliphatic heterocycles. The van der Waals surface area contributed by atoms with Crippen LogP contribution in [0.1, 0.15) is 52.4 Å². The number of carboxylic acids is 1. The minimum absolute atomic E-state index is 0.0235. The van der Waals surface area contributed by atoms with Crippen molar-refractivity contribution in [2.45, 2.75) is 76.5 Å². The van der Waals surface area contributed by atoms with Gasteiger partial charge in [-0.25, -0.2) is 4.79 Å². The molecule has 15 heteroatoms.